The lowest BCUT2D eigenvalue weighted by molar-refractivity contribution is -0.137. The molecule has 2 rings (SSSR count). The first-order valence-electron chi connectivity index (χ1n) is 7.13. The van der Waals surface area contributed by atoms with E-state index in [2.05, 4.69) is 10.3 Å². The van der Waals surface area contributed by atoms with Gasteiger partial charge in [-0.2, -0.15) is 13.2 Å². The van der Waals surface area contributed by atoms with Gasteiger partial charge in [-0.05, 0) is 41.3 Å². The van der Waals surface area contributed by atoms with Crippen molar-refractivity contribution in [2.24, 2.45) is 0 Å². The van der Waals surface area contributed by atoms with E-state index < -0.39 is 17.6 Å². The highest BCUT2D eigenvalue weighted by Crippen LogP contribution is 2.32. The third kappa shape index (κ3) is 4.26. The molecule has 2 aromatic rings. The molecule has 0 unspecified atom stereocenters. The van der Waals surface area contributed by atoms with Crippen LogP contribution in [-0.2, 0) is 11.6 Å². The van der Waals surface area contributed by atoms with Gasteiger partial charge in [0.1, 0.15) is 5.69 Å². The standard InChI is InChI=1S/C17H16ClF3N2O/c1-16(2,3)12-9-11(4-5-13(12)18)23-15(24)14-8-10(6-7-22-14)17(19,20)21/h4-9H,1-3H3,(H,23,24). The molecule has 1 aromatic carbocycles. The van der Waals surface area contributed by atoms with E-state index in [1.165, 1.54) is 0 Å². The Balaban J connectivity index is 2.28. The Morgan fingerprint density at radius 2 is 1.79 bits per heavy atom. The van der Waals surface area contributed by atoms with Crippen molar-refractivity contribution in [1.29, 1.82) is 0 Å². The van der Waals surface area contributed by atoms with Crippen LogP contribution in [0.4, 0.5) is 18.9 Å². The minimum atomic E-state index is -4.53. The second kappa shape index (κ2) is 6.43. The summed E-state index contributed by atoms with van der Waals surface area (Å²) >= 11 is 6.16. The lowest BCUT2D eigenvalue weighted by Crippen LogP contribution is -2.17. The zero-order valence-corrected chi connectivity index (χ0v) is 14.1. The first kappa shape index (κ1) is 18.3. The third-order valence-electron chi connectivity index (χ3n) is 3.35. The normalized spacial score (nSPS) is 12.1. The molecular weight excluding hydrogens is 341 g/mol. The maximum Gasteiger partial charge on any atom is 0.416 e. The molecule has 0 saturated carbocycles. The van der Waals surface area contributed by atoms with E-state index in [-0.39, 0.29) is 11.1 Å². The maximum atomic E-state index is 12.7. The van der Waals surface area contributed by atoms with Crippen LogP contribution in [0.3, 0.4) is 0 Å². The Bertz CT molecular complexity index is 767. The van der Waals surface area contributed by atoms with Crippen LogP contribution >= 0.6 is 11.6 Å². The van der Waals surface area contributed by atoms with Crippen molar-refractivity contribution in [2.45, 2.75) is 32.4 Å². The third-order valence-corrected chi connectivity index (χ3v) is 3.68. The summed E-state index contributed by atoms with van der Waals surface area (Å²) in [6, 6.07) is 6.46. The number of hydrogen-bond acceptors (Lipinski definition) is 2. The quantitative estimate of drug-likeness (QED) is 0.793. The number of rotatable bonds is 2. The van der Waals surface area contributed by atoms with E-state index in [1.54, 1.807) is 18.2 Å². The highest BCUT2D eigenvalue weighted by molar-refractivity contribution is 6.31. The smallest absolute Gasteiger partial charge is 0.321 e. The van der Waals surface area contributed by atoms with Crippen LogP contribution in [0, 0.1) is 0 Å². The molecule has 3 nitrogen and oxygen atoms in total. The summed E-state index contributed by atoms with van der Waals surface area (Å²) in [7, 11) is 0. The number of pyridine rings is 1. The van der Waals surface area contributed by atoms with Crippen molar-refractivity contribution in [3.8, 4) is 0 Å². The molecule has 7 heteroatoms. The number of aromatic nitrogens is 1. The van der Waals surface area contributed by atoms with Crippen LogP contribution < -0.4 is 5.32 Å². The molecule has 0 fully saturated rings. The maximum absolute atomic E-state index is 12.7. The van der Waals surface area contributed by atoms with Gasteiger partial charge in [0.15, 0.2) is 0 Å². The number of nitrogens with zero attached hydrogens (tertiary/aromatic N) is 1. The summed E-state index contributed by atoms with van der Waals surface area (Å²) in [6.07, 6.45) is -3.57. The van der Waals surface area contributed by atoms with Crippen molar-refractivity contribution >= 4 is 23.2 Å². The summed E-state index contributed by atoms with van der Waals surface area (Å²) in [5.41, 5.74) is -0.217. The van der Waals surface area contributed by atoms with E-state index in [4.69, 9.17) is 11.6 Å². The van der Waals surface area contributed by atoms with Crippen molar-refractivity contribution in [3.05, 3.63) is 58.4 Å². The van der Waals surface area contributed by atoms with Gasteiger partial charge >= 0.3 is 6.18 Å². The van der Waals surface area contributed by atoms with Crippen LogP contribution in [-0.4, -0.2) is 10.9 Å². The number of anilines is 1. The van der Waals surface area contributed by atoms with Gasteiger partial charge in [0.2, 0.25) is 0 Å². The van der Waals surface area contributed by atoms with E-state index >= 15 is 0 Å². The molecule has 0 aliphatic heterocycles. The zero-order valence-electron chi connectivity index (χ0n) is 13.3. The SMILES string of the molecule is CC(C)(C)c1cc(NC(=O)c2cc(C(F)(F)F)ccn2)ccc1Cl. The van der Waals surface area contributed by atoms with Crippen molar-refractivity contribution in [2.75, 3.05) is 5.32 Å². The highest BCUT2D eigenvalue weighted by Gasteiger charge is 2.31. The largest absolute Gasteiger partial charge is 0.416 e. The number of amides is 1. The number of alkyl halides is 3. The monoisotopic (exact) mass is 356 g/mol. The summed E-state index contributed by atoms with van der Waals surface area (Å²) in [5, 5.41) is 3.10. The number of carbonyl (C=O) groups is 1. The van der Waals surface area contributed by atoms with Crippen molar-refractivity contribution < 1.29 is 18.0 Å². The predicted octanol–water partition coefficient (Wildman–Crippen LogP) is 5.30. The van der Waals surface area contributed by atoms with Gasteiger partial charge in [0.25, 0.3) is 5.91 Å². The van der Waals surface area contributed by atoms with E-state index in [0.29, 0.717) is 10.7 Å². The zero-order chi connectivity index (χ0) is 18.1. The first-order valence-corrected chi connectivity index (χ1v) is 7.51. The molecule has 0 radical (unpaired) electrons. The van der Waals surface area contributed by atoms with E-state index in [0.717, 1.165) is 23.9 Å². The number of carbonyl (C=O) groups excluding carboxylic acids is 1. The Kier molecular flexibility index (Phi) is 4.90. The Morgan fingerprint density at radius 3 is 2.38 bits per heavy atom. The molecule has 0 aliphatic rings. The van der Waals surface area contributed by atoms with Crippen LogP contribution in [0.5, 0.6) is 0 Å². The summed E-state index contributed by atoms with van der Waals surface area (Å²) in [6.45, 7) is 5.90. The van der Waals surface area contributed by atoms with E-state index in [1.807, 2.05) is 20.8 Å². The fourth-order valence-electron chi connectivity index (χ4n) is 2.10. The lowest BCUT2D eigenvalue weighted by Gasteiger charge is -2.21. The summed E-state index contributed by atoms with van der Waals surface area (Å²) < 4.78 is 38.1. The van der Waals surface area contributed by atoms with Gasteiger partial charge in [-0.1, -0.05) is 32.4 Å². The van der Waals surface area contributed by atoms with Crippen molar-refractivity contribution in [1.82, 2.24) is 4.98 Å². The molecule has 128 valence electrons. The van der Waals surface area contributed by atoms with Crippen LogP contribution in [0.25, 0.3) is 0 Å². The molecule has 0 saturated heterocycles. The molecular formula is C17H16ClF3N2O. The fourth-order valence-corrected chi connectivity index (χ4v) is 2.50. The molecule has 24 heavy (non-hydrogen) atoms. The predicted molar refractivity (Wildman–Crippen MR) is 87.3 cm³/mol. The Hall–Kier alpha value is -2.08. The minimum Gasteiger partial charge on any atom is -0.321 e. The number of hydrogen-bond donors (Lipinski definition) is 1. The summed E-state index contributed by atoms with van der Waals surface area (Å²) in [5.74, 6) is -0.719. The number of benzene rings is 1. The van der Waals surface area contributed by atoms with Gasteiger partial charge in [0, 0.05) is 16.9 Å². The lowest BCUT2D eigenvalue weighted by atomic mass is 9.87. The number of nitrogens with one attached hydrogen (secondary N) is 1. The molecule has 1 amide bonds. The molecule has 1 heterocycles. The fraction of sp³-hybridized carbons (Fsp3) is 0.294. The first-order chi connectivity index (χ1) is 11.0. The highest BCUT2D eigenvalue weighted by atomic mass is 35.5. The molecule has 0 bridgehead atoms. The molecule has 0 aliphatic carbocycles. The summed E-state index contributed by atoms with van der Waals surface area (Å²) in [4.78, 5) is 15.9. The molecule has 1 N–H and O–H groups in total. The van der Waals surface area contributed by atoms with Gasteiger partial charge < -0.3 is 5.32 Å². The average molecular weight is 357 g/mol. The molecule has 0 spiro atoms. The average Bonchev–Trinajstić information content (AvgIpc) is 2.47. The minimum absolute atomic E-state index is 0.244. The van der Waals surface area contributed by atoms with Crippen LogP contribution in [0.15, 0.2) is 36.5 Å². The Labute approximate surface area is 142 Å². The van der Waals surface area contributed by atoms with Gasteiger partial charge in [-0.15, -0.1) is 0 Å². The molecule has 0 atom stereocenters. The second-order valence-electron chi connectivity index (χ2n) is 6.33. The number of halogens is 4. The topological polar surface area (TPSA) is 42.0 Å². The van der Waals surface area contributed by atoms with Gasteiger partial charge in [-0.25, -0.2) is 0 Å². The van der Waals surface area contributed by atoms with Crippen LogP contribution in [0.1, 0.15) is 42.4 Å². The van der Waals surface area contributed by atoms with Gasteiger partial charge in [-0.3, -0.25) is 9.78 Å². The Morgan fingerprint density at radius 1 is 1.12 bits per heavy atom. The second-order valence-corrected chi connectivity index (χ2v) is 6.73. The van der Waals surface area contributed by atoms with Crippen molar-refractivity contribution in [3.63, 3.8) is 0 Å². The molecule has 1 aromatic heterocycles. The van der Waals surface area contributed by atoms with E-state index in [9.17, 15) is 18.0 Å². The van der Waals surface area contributed by atoms with Crippen LogP contribution in [0.2, 0.25) is 5.02 Å². The van der Waals surface area contributed by atoms with Gasteiger partial charge in [0.05, 0.1) is 5.56 Å².